The van der Waals surface area contributed by atoms with Crippen LogP contribution in [-0.2, 0) is 9.47 Å². The van der Waals surface area contributed by atoms with Crippen molar-refractivity contribution >= 4 is 12.1 Å². The van der Waals surface area contributed by atoms with Gasteiger partial charge in [-0.15, -0.1) is 0 Å². The van der Waals surface area contributed by atoms with Crippen LogP contribution in [0.4, 0.5) is 4.79 Å². The van der Waals surface area contributed by atoms with Crippen LogP contribution < -0.4 is 10.1 Å². The summed E-state index contributed by atoms with van der Waals surface area (Å²) in [5.41, 5.74) is -0.239. The third-order valence-corrected chi connectivity index (χ3v) is 2.90. The minimum absolute atomic E-state index is 0.138. The Hall–Kier alpha value is -2.31. The first-order chi connectivity index (χ1) is 10.3. The molecule has 7 heteroatoms. The molecule has 1 amide bonds. The van der Waals surface area contributed by atoms with Crippen LogP contribution in [0, 0.1) is 0 Å². The molecule has 1 saturated carbocycles. The van der Waals surface area contributed by atoms with Gasteiger partial charge in [0.15, 0.2) is 5.75 Å². The largest absolute Gasteiger partial charge is 0.486 e. The SMILES string of the molecule is COC(=O)c1ccncc1OC1CC1NC(=O)OC(C)(C)C. The van der Waals surface area contributed by atoms with Crippen LogP contribution in [-0.4, -0.2) is 41.9 Å². The first-order valence-corrected chi connectivity index (χ1v) is 6.98. The number of nitrogens with one attached hydrogen (secondary N) is 1. The van der Waals surface area contributed by atoms with E-state index in [0.717, 1.165) is 0 Å². The number of carbonyl (C=O) groups is 2. The summed E-state index contributed by atoms with van der Waals surface area (Å²) in [6.07, 6.45) is 2.90. The maximum absolute atomic E-state index is 11.7. The second-order valence-electron chi connectivity index (χ2n) is 6.01. The van der Waals surface area contributed by atoms with Crippen LogP contribution in [0.5, 0.6) is 5.75 Å². The fourth-order valence-electron chi connectivity index (χ4n) is 1.83. The highest BCUT2D eigenvalue weighted by Crippen LogP contribution is 2.30. The van der Waals surface area contributed by atoms with E-state index < -0.39 is 17.7 Å². The Balaban J connectivity index is 1.90. The van der Waals surface area contributed by atoms with Crippen molar-refractivity contribution in [1.29, 1.82) is 0 Å². The molecule has 0 radical (unpaired) electrons. The fourth-order valence-corrected chi connectivity index (χ4v) is 1.83. The summed E-state index contributed by atoms with van der Waals surface area (Å²) in [5.74, 6) is -0.150. The number of hydrogen-bond acceptors (Lipinski definition) is 6. The summed E-state index contributed by atoms with van der Waals surface area (Å²) in [4.78, 5) is 27.2. The summed E-state index contributed by atoms with van der Waals surface area (Å²) >= 11 is 0. The van der Waals surface area contributed by atoms with Crippen molar-refractivity contribution in [1.82, 2.24) is 10.3 Å². The second kappa shape index (κ2) is 6.21. The van der Waals surface area contributed by atoms with Crippen molar-refractivity contribution in [2.75, 3.05) is 7.11 Å². The lowest BCUT2D eigenvalue weighted by Crippen LogP contribution is -2.35. The number of alkyl carbamates (subject to hydrolysis) is 1. The molecule has 1 N–H and O–H groups in total. The predicted molar refractivity (Wildman–Crippen MR) is 77.8 cm³/mol. The molecule has 1 aliphatic rings. The lowest BCUT2D eigenvalue weighted by molar-refractivity contribution is 0.0512. The van der Waals surface area contributed by atoms with Gasteiger partial charge in [-0.2, -0.15) is 0 Å². The smallest absolute Gasteiger partial charge is 0.408 e. The molecule has 7 nitrogen and oxygen atoms in total. The van der Waals surface area contributed by atoms with E-state index in [0.29, 0.717) is 17.7 Å². The maximum atomic E-state index is 11.7. The number of esters is 1. The van der Waals surface area contributed by atoms with E-state index in [1.54, 1.807) is 20.8 Å². The van der Waals surface area contributed by atoms with Gasteiger partial charge in [0.25, 0.3) is 0 Å². The summed E-state index contributed by atoms with van der Waals surface area (Å²) in [7, 11) is 1.30. The van der Waals surface area contributed by atoms with Gasteiger partial charge in [0, 0.05) is 12.6 Å². The van der Waals surface area contributed by atoms with Crippen LogP contribution in [0.3, 0.4) is 0 Å². The normalized spacial score (nSPS) is 20.0. The first kappa shape index (κ1) is 16.1. The Morgan fingerprint density at radius 1 is 1.36 bits per heavy atom. The van der Waals surface area contributed by atoms with Crippen molar-refractivity contribution < 1.29 is 23.8 Å². The highest BCUT2D eigenvalue weighted by Gasteiger charge is 2.42. The van der Waals surface area contributed by atoms with Crippen LogP contribution in [0.25, 0.3) is 0 Å². The molecule has 2 atom stereocenters. The Morgan fingerprint density at radius 2 is 2.09 bits per heavy atom. The molecule has 1 aliphatic carbocycles. The first-order valence-electron chi connectivity index (χ1n) is 6.98. The highest BCUT2D eigenvalue weighted by atomic mass is 16.6. The number of rotatable bonds is 4. The van der Waals surface area contributed by atoms with Gasteiger partial charge in [0.05, 0.1) is 19.3 Å². The van der Waals surface area contributed by atoms with Crippen molar-refractivity contribution in [3.05, 3.63) is 24.0 Å². The Bertz CT molecular complexity index is 567. The summed E-state index contributed by atoms with van der Waals surface area (Å²) in [5, 5.41) is 2.72. The van der Waals surface area contributed by atoms with Crippen molar-refractivity contribution in [2.45, 2.75) is 44.9 Å². The van der Waals surface area contributed by atoms with Crippen LogP contribution in [0.1, 0.15) is 37.6 Å². The molecule has 2 rings (SSSR count). The average Bonchev–Trinajstić information content (AvgIpc) is 3.13. The van der Waals surface area contributed by atoms with Crippen molar-refractivity contribution in [2.24, 2.45) is 0 Å². The van der Waals surface area contributed by atoms with Gasteiger partial charge < -0.3 is 19.5 Å². The van der Waals surface area contributed by atoms with Gasteiger partial charge in [0.2, 0.25) is 0 Å². The minimum atomic E-state index is -0.545. The Labute approximate surface area is 129 Å². The number of methoxy groups -OCH3 is 1. The van der Waals surface area contributed by atoms with E-state index in [-0.39, 0.29) is 12.1 Å². The third-order valence-electron chi connectivity index (χ3n) is 2.90. The molecule has 2 unspecified atom stereocenters. The number of nitrogens with zero attached hydrogens (tertiary/aromatic N) is 1. The number of carbonyl (C=O) groups excluding carboxylic acids is 2. The number of aromatic nitrogens is 1. The summed E-state index contributed by atoms with van der Waals surface area (Å²) in [6.45, 7) is 5.39. The molecule has 0 bridgehead atoms. The zero-order chi connectivity index (χ0) is 16.3. The molecule has 0 saturated heterocycles. The molecular formula is C15H20N2O5. The van der Waals surface area contributed by atoms with E-state index in [9.17, 15) is 9.59 Å². The van der Waals surface area contributed by atoms with Crippen LogP contribution >= 0.6 is 0 Å². The number of hydrogen-bond donors (Lipinski definition) is 1. The second-order valence-corrected chi connectivity index (χ2v) is 6.01. The fraction of sp³-hybridized carbons (Fsp3) is 0.533. The summed E-state index contributed by atoms with van der Waals surface area (Å²) in [6, 6.07) is 1.39. The Kier molecular flexibility index (Phi) is 4.54. The quantitative estimate of drug-likeness (QED) is 0.855. The third kappa shape index (κ3) is 4.34. The van der Waals surface area contributed by atoms with E-state index in [4.69, 9.17) is 9.47 Å². The van der Waals surface area contributed by atoms with E-state index in [2.05, 4.69) is 15.0 Å². The molecular weight excluding hydrogens is 288 g/mol. The molecule has 0 spiro atoms. The zero-order valence-electron chi connectivity index (χ0n) is 13.1. The average molecular weight is 308 g/mol. The van der Waals surface area contributed by atoms with Gasteiger partial charge in [-0.1, -0.05) is 0 Å². The summed E-state index contributed by atoms with van der Waals surface area (Å²) < 4.78 is 15.6. The van der Waals surface area contributed by atoms with Crippen LogP contribution in [0.2, 0.25) is 0 Å². The standard InChI is InChI=1S/C15H20N2O5/c1-15(2,3)22-14(19)17-10-7-11(10)21-12-8-16-6-5-9(12)13(18)20-4/h5-6,8,10-11H,7H2,1-4H3,(H,17,19). The number of pyridine rings is 1. The lowest BCUT2D eigenvalue weighted by atomic mass is 10.2. The minimum Gasteiger partial charge on any atom is -0.486 e. The van der Waals surface area contributed by atoms with Crippen molar-refractivity contribution in [3.8, 4) is 5.75 Å². The highest BCUT2D eigenvalue weighted by molar-refractivity contribution is 5.92. The van der Waals surface area contributed by atoms with Crippen molar-refractivity contribution in [3.63, 3.8) is 0 Å². The van der Waals surface area contributed by atoms with E-state index in [1.807, 2.05) is 0 Å². The molecule has 0 aliphatic heterocycles. The topological polar surface area (TPSA) is 86.8 Å². The maximum Gasteiger partial charge on any atom is 0.408 e. The lowest BCUT2D eigenvalue weighted by Gasteiger charge is -2.19. The van der Waals surface area contributed by atoms with E-state index in [1.165, 1.54) is 25.6 Å². The Morgan fingerprint density at radius 3 is 2.73 bits per heavy atom. The monoisotopic (exact) mass is 308 g/mol. The molecule has 1 heterocycles. The molecule has 1 fully saturated rings. The number of amides is 1. The van der Waals surface area contributed by atoms with Gasteiger partial charge in [-0.05, 0) is 26.8 Å². The molecule has 120 valence electrons. The number of ether oxygens (including phenoxy) is 3. The molecule has 1 aromatic heterocycles. The van der Waals surface area contributed by atoms with Gasteiger partial charge in [0.1, 0.15) is 17.3 Å². The van der Waals surface area contributed by atoms with Gasteiger partial charge in [-0.25, -0.2) is 9.59 Å². The molecule has 1 aromatic rings. The molecule has 0 aromatic carbocycles. The molecule has 22 heavy (non-hydrogen) atoms. The van der Waals surface area contributed by atoms with E-state index >= 15 is 0 Å². The zero-order valence-corrected chi connectivity index (χ0v) is 13.1. The van der Waals surface area contributed by atoms with Gasteiger partial charge in [-0.3, -0.25) is 4.98 Å². The van der Waals surface area contributed by atoms with Gasteiger partial charge >= 0.3 is 12.1 Å². The predicted octanol–water partition coefficient (Wildman–Crippen LogP) is 1.91. The van der Waals surface area contributed by atoms with Crippen LogP contribution in [0.15, 0.2) is 18.5 Å².